The van der Waals surface area contributed by atoms with Crippen molar-refractivity contribution >= 4 is 16.5 Å². The van der Waals surface area contributed by atoms with Gasteiger partial charge in [0.25, 0.3) is 0 Å². The molecule has 2 aromatic rings. The van der Waals surface area contributed by atoms with Crippen molar-refractivity contribution in [1.29, 1.82) is 4.78 Å². The Bertz CT molecular complexity index is 981. The van der Waals surface area contributed by atoms with Gasteiger partial charge in [-0.05, 0) is 55.8 Å². The molecular formula is C22H28N5O3S-. The number of anilines is 1. The molecule has 2 fully saturated rings. The number of hydrogen-bond acceptors (Lipinski definition) is 9. The van der Waals surface area contributed by atoms with E-state index in [1.165, 1.54) is 30.8 Å². The van der Waals surface area contributed by atoms with Crippen molar-refractivity contribution in [1.82, 2.24) is 14.9 Å². The van der Waals surface area contributed by atoms with E-state index < -0.39 is 10.6 Å². The third kappa shape index (κ3) is 4.48. The maximum Gasteiger partial charge on any atom is 0.225 e. The molecule has 3 aliphatic rings. The molecule has 1 atom stereocenters. The Morgan fingerprint density at radius 2 is 1.77 bits per heavy atom. The van der Waals surface area contributed by atoms with Gasteiger partial charge in [0.2, 0.25) is 5.95 Å². The Morgan fingerprint density at radius 3 is 2.52 bits per heavy atom. The predicted octanol–water partition coefficient (Wildman–Crippen LogP) is 3.39. The normalized spacial score (nSPS) is 22.2. The monoisotopic (exact) mass is 442 g/mol. The van der Waals surface area contributed by atoms with Crippen molar-refractivity contribution in [2.75, 3.05) is 44.3 Å². The second-order valence-electron chi connectivity index (χ2n) is 8.47. The second-order valence-corrected chi connectivity index (χ2v) is 9.48. The van der Waals surface area contributed by atoms with Crippen LogP contribution in [0.3, 0.4) is 0 Å². The van der Waals surface area contributed by atoms with E-state index in [1.54, 1.807) is 0 Å². The number of rotatable bonds is 5. The first-order valence-corrected chi connectivity index (χ1v) is 12.2. The van der Waals surface area contributed by atoms with Crippen LogP contribution in [0.4, 0.5) is 5.95 Å². The van der Waals surface area contributed by atoms with E-state index in [9.17, 15) is 4.21 Å². The van der Waals surface area contributed by atoms with E-state index in [-0.39, 0.29) is 0 Å². The van der Waals surface area contributed by atoms with Gasteiger partial charge in [0.1, 0.15) is 13.2 Å². The highest BCUT2D eigenvalue weighted by molar-refractivity contribution is 7.73. The quantitative estimate of drug-likeness (QED) is 0.710. The topological polar surface area (TPSA) is 91.6 Å². The molecule has 0 saturated carbocycles. The molecule has 5 rings (SSSR count). The van der Waals surface area contributed by atoms with E-state index in [4.69, 9.17) is 14.3 Å². The van der Waals surface area contributed by atoms with Gasteiger partial charge in [-0.1, -0.05) is 11.0 Å². The summed E-state index contributed by atoms with van der Waals surface area (Å²) in [7, 11) is -1.79. The number of likely N-dealkylation sites (tertiary alicyclic amines) is 1. The summed E-state index contributed by atoms with van der Waals surface area (Å²) in [6.07, 6.45) is 7.64. The number of nitrogens with one attached hydrogen (secondary N) is 1. The zero-order valence-corrected chi connectivity index (χ0v) is 18.4. The van der Waals surface area contributed by atoms with E-state index >= 15 is 0 Å². The van der Waals surface area contributed by atoms with Crippen LogP contribution in [0.2, 0.25) is 0 Å². The molecule has 1 aromatic heterocycles. The lowest BCUT2D eigenvalue weighted by Gasteiger charge is -2.35. The average molecular weight is 443 g/mol. The van der Waals surface area contributed by atoms with Crippen LogP contribution in [0.5, 0.6) is 11.5 Å². The molecule has 0 unspecified atom stereocenters. The van der Waals surface area contributed by atoms with Crippen molar-refractivity contribution in [3.63, 3.8) is 0 Å². The average Bonchev–Trinajstić information content (AvgIpc) is 3.27. The van der Waals surface area contributed by atoms with Crippen LogP contribution in [-0.2, 0) is 14.8 Å². The van der Waals surface area contributed by atoms with Crippen LogP contribution in [0.15, 0.2) is 35.5 Å². The van der Waals surface area contributed by atoms with Crippen molar-refractivity contribution in [3.8, 4) is 11.5 Å². The molecule has 8 nitrogen and oxygen atoms in total. The molecule has 1 aromatic carbocycles. The zero-order chi connectivity index (χ0) is 21.2. The zero-order valence-electron chi connectivity index (χ0n) is 17.5. The maximum atomic E-state index is 11.2. The minimum absolute atomic E-state index is 0.345. The molecule has 0 amide bonds. The van der Waals surface area contributed by atoms with Crippen LogP contribution >= 0.6 is 0 Å². The summed E-state index contributed by atoms with van der Waals surface area (Å²) in [6.45, 7) is 5.36. The predicted molar refractivity (Wildman–Crippen MR) is 117 cm³/mol. The highest BCUT2D eigenvalue weighted by atomic mass is 32.2. The Kier molecular flexibility index (Phi) is 5.95. The SMILES string of the molecule is N=[S-](=O)c1cnc(N2CCC(CN3CCC[C@@H]3c3ccc4c(c3)OCCO4)CC2)nc1. The Morgan fingerprint density at radius 1 is 1.03 bits per heavy atom. The number of benzene rings is 1. The Balaban J connectivity index is 1.19. The molecule has 3 aliphatic heterocycles. The summed E-state index contributed by atoms with van der Waals surface area (Å²) in [5.41, 5.74) is 1.33. The van der Waals surface area contributed by atoms with E-state index in [2.05, 4.69) is 38.0 Å². The van der Waals surface area contributed by atoms with Gasteiger partial charge < -0.3 is 23.4 Å². The van der Waals surface area contributed by atoms with Crippen LogP contribution in [-0.4, -0.2) is 54.3 Å². The van der Waals surface area contributed by atoms with Gasteiger partial charge >= 0.3 is 0 Å². The number of fused-ring (bicyclic) bond motifs is 1. The summed E-state index contributed by atoms with van der Waals surface area (Å²) in [5, 5.41) is 0. The van der Waals surface area contributed by atoms with Crippen molar-refractivity contribution in [3.05, 3.63) is 36.2 Å². The molecule has 2 saturated heterocycles. The van der Waals surface area contributed by atoms with Gasteiger partial charge in [-0.3, -0.25) is 4.90 Å². The third-order valence-electron chi connectivity index (χ3n) is 6.53. The number of aromatic nitrogens is 2. The molecule has 4 heterocycles. The van der Waals surface area contributed by atoms with Gasteiger partial charge in [0.05, 0.1) is 0 Å². The molecule has 1 N–H and O–H groups in total. The van der Waals surface area contributed by atoms with Gasteiger partial charge in [0, 0.05) is 38.1 Å². The lowest BCUT2D eigenvalue weighted by Crippen LogP contribution is -2.39. The van der Waals surface area contributed by atoms with Crippen molar-refractivity contribution in [2.24, 2.45) is 5.92 Å². The summed E-state index contributed by atoms with van der Waals surface area (Å²) < 4.78 is 29.9. The van der Waals surface area contributed by atoms with Crippen molar-refractivity contribution in [2.45, 2.75) is 36.6 Å². The van der Waals surface area contributed by atoms with Crippen molar-refractivity contribution < 1.29 is 13.7 Å². The largest absolute Gasteiger partial charge is 0.486 e. The molecule has 0 spiro atoms. The molecule has 166 valence electrons. The van der Waals surface area contributed by atoms with Crippen LogP contribution in [0, 0.1) is 10.7 Å². The standard InChI is InChI=1S/C22H28N5O3S/c23-31(28)18-13-24-22(25-14-18)26-8-5-16(6-9-26)15-27-7-1-2-19(27)17-3-4-20-21(12-17)30-11-10-29-20/h3-4,12-14,16,19,23H,1-2,5-11,15H2/q-1/t19-/m1/s1. The molecule has 0 radical (unpaired) electrons. The second kappa shape index (κ2) is 9.00. The summed E-state index contributed by atoms with van der Waals surface area (Å²) in [5.74, 6) is 3.07. The summed E-state index contributed by atoms with van der Waals surface area (Å²) in [4.78, 5) is 13.8. The molecule has 0 bridgehead atoms. The number of hydrogen-bond donors (Lipinski definition) is 1. The maximum absolute atomic E-state index is 11.2. The Hall–Kier alpha value is -2.39. The lowest BCUT2D eigenvalue weighted by atomic mass is 9.95. The molecule has 0 aliphatic carbocycles. The number of ether oxygens (including phenoxy) is 2. The van der Waals surface area contributed by atoms with Crippen LogP contribution in [0.1, 0.15) is 37.3 Å². The van der Waals surface area contributed by atoms with Gasteiger partial charge in [-0.2, -0.15) is 10.6 Å². The fourth-order valence-electron chi connectivity index (χ4n) is 4.90. The first kappa shape index (κ1) is 20.5. The highest BCUT2D eigenvalue weighted by Crippen LogP contribution is 2.39. The van der Waals surface area contributed by atoms with Crippen LogP contribution < -0.4 is 14.4 Å². The fourth-order valence-corrected chi connectivity index (χ4v) is 5.20. The smallest absolute Gasteiger partial charge is 0.225 e. The fraction of sp³-hybridized carbons (Fsp3) is 0.545. The summed E-state index contributed by atoms with van der Waals surface area (Å²) in [6, 6.07) is 6.88. The number of nitrogens with zero attached hydrogens (tertiary/aromatic N) is 4. The minimum Gasteiger partial charge on any atom is -0.486 e. The van der Waals surface area contributed by atoms with Gasteiger partial charge in [-0.25, -0.2) is 9.97 Å². The first-order valence-electron chi connectivity index (χ1n) is 11.0. The Labute approximate surface area is 184 Å². The lowest BCUT2D eigenvalue weighted by molar-refractivity contribution is 0.169. The third-order valence-corrected chi connectivity index (χ3v) is 7.17. The van der Waals surface area contributed by atoms with E-state index in [0.29, 0.717) is 36.0 Å². The highest BCUT2D eigenvalue weighted by Gasteiger charge is 2.30. The molecular weight excluding hydrogens is 414 g/mol. The molecule has 9 heteroatoms. The molecule has 31 heavy (non-hydrogen) atoms. The van der Waals surface area contributed by atoms with E-state index in [1.807, 2.05) is 0 Å². The van der Waals surface area contributed by atoms with E-state index in [0.717, 1.165) is 50.5 Å². The van der Waals surface area contributed by atoms with Gasteiger partial charge in [-0.15, -0.1) is 0 Å². The minimum atomic E-state index is -1.79. The van der Waals surface area contributed by atoms with Gasteiger partial charge in [0.15, 0.2) is 11.5 Å². The van der Waals surface area contributed by atoms with Crippen LogP contribution in [0.25, 0.3) is 0 Å². The number of piperidine rings is 1. The summed E-state index contributed by atoms with van der Waals surface area (Å²) >= 11 is 0. The first-order chi connectivity index (χ1) is 15.2.